The molecule has 1 heterocycles. The molecule has 4 rings (SSSR count). The van der Waals surface area contributed by atoms with Gasteiger partial charge in [-0.25, -0.2) is 0 Å². The molecule has 0 aliphatic rings. The number of fused-ring (bicyclic) bond motifs is 3. The van der Waals surface area contributed by atoms with Crippen LogP contribution < -0.4 is 0 Å². The van der Waals surface area contributed by atoms with Gasteiger partial charge in [-0.1, -0.05) is 54.5 Å². The molecule has 0 radical (unpaired) electrons. The second-order valence-electron chi connectivity index (χ2n) is 5.03. The first kappa shape index (κ1) is 11.8. The fraction of sp³-hybridized carbons (Fsp3) is 0. The fourth-order valence-electron chi connectivity index (χ4n) is 2.98. The Morgan fingerprint density at radius 1 is 0.714 bits per heavy atom. The summed E-state index contributed by atoms with van der Waals surface area (Å²) >= 11 is 0. The molecular weight excluding hydrogens is 254 g/mol. The zero-order chi connectivity index (χ0) is 14.2. The zero-order valence-corrected chi connectivity index (χ0v) is 11.5. The second-order valence-corrected chi connectivity index (χ2v) is 5.03. The van der Waals surface area contributed by atoms with Gasteiger partial charge in [0.15, 0.2) is 0 Å². The summed E-state index contributed by atoms with van der Waals surface area (Å²) in [4.78, 5) is 0. The maximum Gasteiger partial charge on any atom is 0.0697 e. The lowest BCUT2D eigenvalue weighted by molar-refractivity contribution is 1.18. The molecule has 0 aliphatic heterocycles. The van der Waals surface area contributed by atoms with Crippen molar-refractivity contribution >= 4 is 21.8 Å². The van der Waals surface area contributed by atoms with Gasteiger partial charge in [0.25, 0.3) is 0 Å². The molecule has 98 valence electrons. The highest BCUT2D eigenvalue weighted by molar-refractivity contribution is 6.10. The summed E-state index contributed by atoms with van der Waals surface area (Å²) in [6, 6.07) is 24.9. The molecule has 0 bridgehead atoms. The van der Waals surface area contributed by atoms with Crippen LogP contribution >= 0.6 is 0 Å². The van der Waals surface area contributed by atoms with Crippen LogP contribution in [0.25, 0.3) is 27.5 Å². The number of benzene rings is 3. The zero-order valence-electron chi connectivity index (χ0n) is 11.5. The Morgan fingerprint density at radius 2 is 1.43 bits per heavy atom. The minimum atomic E-state index is 0.924. The van der Waals surface area contributed by atoms with Gasteiger partial charge in [-0.05, 0) is 24.3 Å². The van der Waals surface area contributed by atoms with E-state index >= 15 is 0 Å². The first-order valence-electron chi connectivity index (χ1n) is 6.94. The monoisotopic (exact) mass is 267 g/mol. The Balaban J connectivity index is 2.29. The molecule has 1 aromatic heterocycles. The van der Waals surface area contributed by atoms with Gasteiger partial charge >= 0.3 is 0 Å². The normalized spacial score (nSPS) is 10.8. The van der Waals surface area contributed by atoms with E-state index in [2.05, 4.69) is 65.1 Å². The SMILES string of the molecule is C#Cc1cccc2c3ccccc3n(-c3ccccc3)c12. The number of para-hydroxylation sites is 3. The van der Waals surface area contributed by atoms with E-state index in [1.165, 1.54) is 16.3 Å². The standard InChI is InChI=1S/C20H13N/c1-2-15-9-8-13-18-17-12-6-7-14-19(17)21(20(15)18)16-10-4-3-5-11-16/h1,3-14H. The van der Waals surface area contributed by atoms with Gasteiger partial charge in [0.1, 0.15) is 0 Å². The molecule has 0 saturated carbocycles. The highest BCUT2D eigenvalue weighted by Gasteiger charge is 2.13. The van der Waals surface area contributed by atoms with Gasteiger partial charge in [-0.15, -0.1) is 6.42 Å². The van der Waals surface area contributed by atoms with Crippen LogP contribution in [0.5, 0.6) is 0 Å². The largest absolute Gasteiger partial charge is 0.308 e. The van der Waals surface area contributed by atoms with Crippen molar-refractivity contribution in [3.05, 3.63) is 78.4 Å². The minimum absolute atomic E-state index is 0.924. The van der Waals surface area contributed by atoms with E-state index in [1.54, 1.807) is 0 Å². The van der Waals surface area contributed by atoms with Crippen LogP contribution in [0.3, 0.4) is 0 Å². The average molecular weight is 267 g/mol. The molecule has 0 saturated heterocycles. The fourth-order valence-corrected chi connectivity index (χ4v) is 2.98. The van der Waals surface area contributed by atoms with Crippen molar-refractivity contribution in [2.45, 2.75) is 0 Å². The average Bonchev–Trinajstić information content (AvgIpc) is 2.90. The van der Waals surface area contributed by atoms with Crippen molar-refractivity contribution in [1.29, 1.82) is 0 Å². The van der Waals surface area contributed by atoms with Crippen LogP contribution in [0.2, 0.25) is 0 Å². The lowest BCUT2D eigenvalue weighted by Gasteiger charge is -2.08. The van der Waals surface area contributed by atoms with Gasteiger partial charge < -0.3 is 4.57 Å². The maximum atomic E-state index is 5.72. The summed E-state index contributed by atoms with van der Waals surface area (Å²) in [6.45, 7) is 0. The summed E-state index contributed by atoms with van der Waals surface area (Å²) < 4.78 is 2.25. The van der Waals surface area contributed by atoms with Crippen LogP contribution in [0, 0.1) is 12.3 Å². The van der Waals surface area contributed by atoms with Crippen LogP contribution in [0.15, 0.2) is 72.8 Å². The molecular formula is C20H13N. The van der Waals surface area contributed by atoms with Gasteiger partial charge in [0.2, 0.25) is 0 Å². The van der Waals surface area contributed by atoms with E-state index in [-0.39, 0.29) is 0 Å². The van der Waals surface area contributed by atoms with Gasteiger partial charge in [0.05, 0.1) is 11.0 Å². The minimum Gasteiger partial charge on any atom is -0.308 e. The van der Waals surface area contributed by atoms with Crippen LogP contribution in [0.4, 0.5) is 0 Å². The molecule has 1 nitrogen and oxygen atoms in total. The van der Waals surface area contributed by atoms with E-state index in [0.29, 0.717) is 0 Å². The molecule has 3 aromatic carbocycles. The number of aromatic nitrogens is 1. The summed E-state index contributed by atoms with van der Waals surface area (Å²) in [6.07, 6.45) is 5.72. The van der Waals surface area contributed by atoms with E-state index in [4.69, 9.17) is 6.42 Å². The molecule has 0 aliphatic carbocycles. The molecule has 4 aromatic rings. The Hall–Kier alpha value is -2.98. The van der Waals surface area contributed by atoms with Crippen molar-refractivity contribution in [3.63, 3.8) is 0 Å². The quantitative estimate of drug-likeness (QED) is 0.438. The van der Waals surface area contributed by atoms with E-state index in [0.717, 1.165) is 16.8 Å². The predicted octanol–water partition coefficient (Wildman–Crippen LogP) is 4.77. The molecule has 0 spiro atoms. The Labute approximate surface area is 123 Å². The summed E-state index contributed by atoms with van der Waals surface area (Å²) in [7, 11) is 0. The van der Waals surface area contributed by atoms with E-state index in [9.17, 15) is 0 Å². The molecule has 0 unspecified atom stereocenters. The molecule has 0 atom stereocenters. The van der Waals surface area contributed by atoms with Gasteiger partial charge in [-0.2, -0.15) is 0 Å². The smallest absolute Gasteiger partial charge is 0.0697 e. The third-order valence-corrected chi connectivity index (χ3v) is 3.86. The first-order valence-corrected chi connectivity index (χ1v) is 6.94. The second kappa shape index (κ2) is 4.54. The van der Waals surface area contributed by atoms with Crippen molar-refractivity contribution in [2.24, 2.45) is 0 Å². The number of nitrogens with zero attached hydrogens (tertiary/aromatic N) is 1. The van der Waals surface area contributed by atoms with Crippen molar-refractivity contribution < 1.29 is 0 Å². The highest BCUT2D eigenvalue weighted by Crippen LogP contribution is 2.33. The topological polar surface area (TPSA) is 4.93 Å². The van der Waals surface area contributed by atoms with Crippen LogP contribution in [-0.4, -0.2) is 4.57 Å². The molecule has 1 heteroatoms. The highest BCUT2D eigenvalue weighted by atomic mass is 15.0. The summed E-state index contributed by atoms with van der Waals surface area (Å²) in [5.74, 6) is 2.82. The third kappa shape index (κ3) is 1.67. The Morgan fingerprint density at radius 3 is 2.24 bits per heavy atom. The first-order chi connectivity index (χ1) is 10.4. The summed E-state index contributed by atoms with van der Waals surface area (Å²) in [5.41, 5.74) is 4.34. The van der Waals surface area contributed by atoms with Crippen molar-refractivity contribution in [1.82, 2.24) is 4.57 Å². The molecule has 0 fully saturated rings. The lowest BCUT2D eigenvalue weighted by atomic mass is 10.1. The van der Waals surface area contributed by atoms with Crippen LogP contribution in [-0.2, 0) is 0 Å². The summed E-state index contributed by atoms with van der Waals surface area (Å²) in [5, 5.41) is 2.43. The number of rotatable bonds is 1. The van der Waals surface area contributed by atoms with Gasteiger partial charge in [0, 0.05) is 22.0 Å². The van der Waals surface area contributed by atoms with Crippen molar-refractivity contribution in [3.8, 4) is 18.0 Å². The van der Waals surface area contributed by atoms with Gasteiger partial charge in [-0.3, -0.25) is 0 Å². The van der Waals surface area contributed by atoms with E-state index in [1.807, 2.05) is 18.2 Å². The molecule has 0 N–H and O–H groups in total. The molecule has 0 amide bonds. The van der Waals surface area contributed by atoms with Crippen LogP contribution in [0.1, 0.15) is 5.56 Å². The predicted molar refractivity (Wildman–Crippen MR) is 88.7 cm³/mol. The number of hydrogen-bond donors (Lipinski definition) is 0. The Kier molecular flexibility index (Phi) is 2.55. The Bertz CT molecular complexity index is 985. The molecule has 21 heavy (non-hydrogen) atoms. The number of hydrogen-bond acceptors (Lipinski definition) is 0. The van der Waals surface area contributed by atoms with Crippen molar-refractivity contribution in [2.75, 3.05) is 0 Å². The maximum absolute atomic E-state index is 5.72. The third-order valence-electron chi connectivity index (χ3n) is 3.86. The van der Waals surface area contributed by atoms with E-state index < -0.39 is 0 Å². The number of terminal acetylenes is 1. The lowest BCUT2D eigenvalue weighted by Crippen LogP contribution is -1.94.